The van der Waals surface area contributed by atoms with Crippen LogP contribution in [-0.2, 0) is 11.3 Å². The van der Waals surface area contributed by atoms with Crippen LogP contribution in [0.1, 0.15) is 26.7 Å². The van der Waals surface area contributed by atoms with Crippen molar-refractivity contribution in [3.05, 3.63) is 68.7 Å². The molecule has 1 amide bonds. The molecule has 0 aliphatic carbocycles. The molecule has 0 bridgehead atoms. The number of aromatic nitrogens is 2. The van der Waals surface area contributed by atoms with Crippen molar-refractivity contribution in [3.63, 3.8) is 0 Å². The van der Waals surface area contributed by atoms with Crippen LogP contribution in [0, 0.1) is 15.9 Å². The van der Waals surface area contributed by atoms with Gasteiger partial charge in [0.15, 0.2) is 5.16 Å². The molecular formula is C21H21FN4O4S. The predicted molar refractivity (Wildman–Crippen MR) is 118 cm³/mol. The van der Waals surface area contributed by atoms with Crippen LogP contribution in [-0.4, -0.2) is 25.6 Å². The number of carbonyl (C=O) groups is 1. The zero-order valence-corrected chi connectivity index (χ0v) is 17.8. The Balaban J connectivity index is 1.86. The highest BCUT2D eigenvalue weighted by Gasteiger charge is 2.21. The van der Waals surface area contributed by atoms with Gasteiger partial charge in [-0.3, -0.25) is 24.3 Å². The zero-order valence-electron chi connectivity index (χ0n) is 17.0. The fraction of sp³-hybridized carbons (Fsp3) is 0.286. The Morgan fingerprint density at radius 2 is 2.06 bits per heavy atom. The van der Waals surface area contributed by atoms with Crippen LogP contribution >= 0.6 is 11.8 Å². The number of unbranched alkanes of at least 4 members (excludes halogenated alkanes) is 1. The van der Waals surface area contributed by atoms with Crippen LogP contribution in [0.2, 0.25) is 0 Å². The highest BCUT2D eigenvalue weighted by atomic mass is 32.2. The zero-order chi connectivity index (χ0) is 22.5. The number of nitrogens with one attached hydrogen (secondary N) is 1. The second-order valence-corrected chi connectivity index (χ2v) is 8.20. The smallest absolute Gasteiger partial charge is 0.306 e. The summed E-state index contributed by atoms with van der Waals surface area (Å²) in [6, 6.07) is 10.2. The van der Waals surface area contributed by atoms with E-state index < -0.39 is 27.6 Å². The molecule has 0 spiro atoms. The number of nitro benzene ring substituents is 1. The maximum Gasteiger partial charge on any atom is 0.306 e. The van der Waals surface area contributed by atoms with Gasteiger partial charge in [-0.15, -0.1) is 0 Å². The summed E-state index contributed by atoms with van der Waals surface area (Å²) < 4.78 is 15.1. The fourth-order valence-electron chi connectivity index (χ4n) is 2.94. The quantitative estimate of drug-likeness (QED) is 0.239. The summed E-state index contributed by atoms with van der Waals surface area (Å²) in [5.74, 6) is -1.43. The number of benzene rings is 2. The van der Waals surface area contributed by atoms with E-state index in [2.05, 4.69) is 10.3 Å². The minimum Gasteiger partial charge on any atom is -0.325 e. The maximum absolute atomic E-state index is 13.5. The molecule has 10 heteroatoms. The summed E-state index contributed by atoms with van der Waals surface area (Å²) in [4.78, 5) is 40.2. The highest BCUT2D eigenvalue weighted by molar-refractivity contribution is 8.00. The van der Waals surface area contributed by atoms with Crippen molar-refractivity contribution in [1.82, 2.24) is 9.55 Å². The molecule has 0 aliphatic heterocycles. The Bertz CT molecular complexity index is 1200. The largest absolute Gasteiger partial charge is 0.325 e. The number of thioether (sulfide) groups is 1. The highest BCUT2D eigenvalue weighted by Crippen LogP contribution is 2.26. The van der Waals surface area contributed by atoms with Gasteiger partial charge in [-0.05, 0) is 37.6 Å². The van der Waals surface area contributed by atoms with Crippen molar-refractivity contribution in [1.29, 1.82) is 0 Å². The molecule has 0 aliphatic rings. The van der Waals surface area contributed by atoms with Gasteiger partial charge >= 0.3 is 5.69 Å². The summed E-state index contributed by atoms with van der Waals surface area (Å²) in [5.41, 5.74) is -0.226. The molecule has 0 saturated carbocycles. The molecule has 0 radical (unpaired) electrons. The lowest BCUT2D eigenvalue weighted by atomic mass is 10.2. The number of anilines is 1. The van der Waals surface area contributed by atoms with Crippen molar-refractivity contribution in [2.75, 3.05) is 5.32 Å². The second kappa shape index (κ2) is 9.69. The molecule has 1 unspecified atom stereocenters. The third-order valence-corrected chi connectivity index (χ3v) is 5.71. The van der Waals surface area contributed by atoms with Crippen LogP contribution in [0.25, 0.3) is 10.9 Å². The third-order valence-electron chi connectivity index (χ3n) is 4.62. The first-order valence-corrected chi connectivity index (χ1v) is 10.6. The number of para-hydroxylation sites is 1. The van der Waals surface area contributed by atoms with E-state index in [1.54, 1.807) is 35.8 Å². The van der Waals surface area contributed by atoms with Crippen molar-refractivity contribution in [2.24, 2.45) is 0 Å². The van der Waals surface area contributed by atoms with E-state index >= 15 is 0 Å². The monoisotopic (exact) mass is 444 g/mol. The molecule has 1 heterocycles. The lowest BCUT2D eigenvalue weighted by Crippen LogP contribution is -2.27. The number of hydrogen-bond donors (Lipinski definition) is 1. The topological polar surface area (TPSA) is 107 Å². The van der Waals surface area contributed by atoms with Gasteiger partial charge in [-0.1, -0.05) is 37.2 Å². The average Bonchev–Trinajstić information content (AvgIpc) is 2.74. The first-order chi connectivity index (χ1) is 14.8. The first-order valence-electron chi connectivity index (χ1n) is 9.72. The lowest BCUT2D eigenvalue weighted by molar-refractivity contribution is -0.387. The summed E-state index contributed by atoms with van der Waals surface area (Å²) in [7, 11) is 0. The van der Waals surface area contributed by atoms with E-state index in [0.717, 1.165) is 36.7 Å². The number of carbonyl (C=O) groups excluding carboxylic acids is 1. The van der Waals surface area contributed by atoms with Gasteiger partial charge in [-0.2, -0.15) is 4.39 Å². The van der Waals surface area contributed by atoms with E-state index in [-0.39, 0.29) is 11.2 Å². The number of nitrogens with zero attached hydrogens (tertiary/aromatic N) is 3. The van der Waals surface area contributed by atoms with Gasteiger partial charge in [0, 0.05) is 18.3 Å². The minimum atomic E-state index is -0.981. The number of nitro groups is 1. The minimum absolute atomic E-state index is 0.111. The molecule has 1 atom stereocenters. The Kier molecular flexibility index (Phi) is 7.01. The second-order valence-electron chi connectivity index (χ2n) is 6.89. The molecule has 8 nitrogen and oxygen atoms in total. The van der Waals surface area contributed by atoms with Crippen LogP contribution in [0.15, 0.2) is 52.4 Å². The molecule has 1 N–H and O–H groups in total. The number of rotatable bonds is 8. The number of amides is 1. The molecular weight excluding hydrogens is 423 g/mol. The Morgan fingerprint density at radius 3 is 2.77 bits per heavy atom. The summed E-state index contributed by atoms with van der Waals surface area (Å²) in [5, 5.41) is 13.7. The van der Waals surface area contributed by atoms with Crippen molar-refractivity contribution in [3.8, 4) is 0 Å². The lowest BCUT2D eigenvalue weighted by Gasteiger charge is -2.16. The van der Waals surface area contributed by atoms with Gasteiger partial charge in [0.05, 0.1) is 21.1 Å². The summed E-state index contributed by atoms with van der Waals surface area (Å²) >= 11 is 1.12. The Morgan fingerprint density at radius 1 is 1.32 bits per heavy atom. The molecule has 0 fully saturated rings. The first kappa shape index (κ1) is 22.4. The summed E-state index contributed by atoms with van der Waals surface area (Å²) in [6.45, 7) is 4.14. The number of hydrogen-bond acceptors (Lipinski definition) is 6. The van der Waals surface area contributed by atoms with Gasteiger partial charge in [-0.25, -0.2) is 4.98 Å². The molecule has 3 rings (SSSR count). The van der Waals surface area contributed by atoms with Crippen LogP contribution in [0.4, 0.5) is 15.8 Å². The van der Waals surface area contributed by atoms with Crippen molar-refractivity contribution < 1.29 is 14.1 Å². The molecule has 2 aromatic carbocycles. The molecule has 31 heavy (non-hydrogen) atoms. The van der Waals surface area contributed by atoms with E-state index in [0.29, 0.717) is 22.6 Å². The van der Waals surface area contributed by atoms with Gasteiger partial charge < -0.3 is 5.32 Å². The molecule has 3 aromatic rings. The van der Waals surface area contributed by atoms with E-state index in [9.17, 15) is 24.1 Å². The molecule has 162 valence electrons. The van der Waals surface area contributed by atoms with E-state index in [4.69, 9.17) is 0 Å². The van der Waals surface area contributed by atoms with Gasteiger partial charge in [0.25, 0.3) is 5.56 Å². The van der Waals surface area contributed by atoms with E-state index in [1.807, 2.05) is 6.92 Å². The summed E-state index contributed by atoms with van der Waals surface area (Å²) in [6.07, 6.45) is 1.68. The Hall–Kier alpha value is -3.27. The van der Waals surface area contributed by atoms with Gasteiger partial charge in [0.1, 0.15) is 0 Å². The Labute approximate surface area is 181 Å². The molecule has 0 saturated heterocycles. The fourth-order valence-corrected chi connectivity index (χ4v) is 3.87. The normalized spacial score (nSPS) is 12.0. The van der Waals surface area contributed by atoms with Crippen molar-refractivity contribution in [2.45, 2.75) is 43.6 Å². The number of halogens is 1. The van der Waals surface area contributed by atoms with Crippen LogP contribution in [0.5, 0.6) is 0 Å². The van der Waals surface area contributed by atoms with Crippen molar-refractivity contribution >= 4 is 39.9 Å². The predicted octanol–water partition coefficient (Wildman–Crippen LogP) is 4.36. The maximum atomic E-state index is 13.5. The van der Waals surface area contributed by atoms with E-state index in [1.165, 1.54) is 6.07 Å². The average molecular weight is 444 g/mol. The van der Waals surface area contributed by atoms with Crippen LogP contribution < -0.4 is 10.9 Å². The SMILES string of the molecule is CCCCn1c(SC(C)C(=O)Nc2ccc(F)c([N+](=O)[O-])c2)nc2ccccc2c1=O. The standard InChI is InChI=1S/C21H21FN4O4S/c1-3-4-11-25-20(28)15-7-5-6-8-17(15)24-21(25)31-13(2)19(27)23-14-9-10-16(22)18(12-14)26(29)30/h5-10,12-13H,3-4,11H2,1-2H3,(H,23,27). The van der Waals surface area contributed by atoms with Crippen LogP contribution in [0.3, 0.4) is 0 Å². The number of fused-ring (bicyclic) bond motifs is 1. The molecule has 1 aromatic heterocycles. The third kappa shape index (κ3) is 5.08. The van der Waals surface area contributed by atoms with Gasteiger partial charge in [0.2, 0.25) is 11.7 Å².